The van der Waals surface area contributed by atoms with Crippen LogP contribution in [0.3, 0.4) is 0 Å². The Morgan fingerprint density at radius 3 is 2.61 bits per heavy atom. The molecule has 0 aliphatic carbocycles. The van der Waals surface area contributed by atoms with Crippen molar-refractivity contribution in [2.24, 2.45) is 0 Å². The van der Waals surface area contributed by atoms with Gasteiger partial charge in [-0.05, 0) is 61.0 Å². The van der Waals surface area contributed by atoms with Gasteiger partial charge in [0.05, 0.1) is 15.8 Å². The molecule has 0 N–H and O–H groups in total. The predicted octanol–water partition coefficient (Wildman–Crippen LogP) is 8.51. The molecule has 4 aromatic carbocycles. The second-order valence-corrected chi connectivity index (χ2v) is 12.7. The molecule has 0 fully saturated rings. The van der Waals surface area contributed by atoms with Gasteiger partial charge in [-0.2, -0.15) is 8.80 Å². The van der Waals surface area contributed by atoms with Crippen LogP contribution in [-0.2, 0) is 0 Å². The lowest BCUT2D eigenvalue weighted by atomic mass is 10.0. The van der Waals surface area contributed by atoms with E-state index in [-0.39, 0.29) is 0 Å². The van der Waals surface area contributed by atoms with E-state index in [1.807, 2.05) is 0 Å². The van der Waals surface area contributed by atoms with E-state index >= 15 is 0 Å². The molecule has 0 aliphatic rings. The molecule has 1 unspecified atom stereocenters. The summed E-state index contributed by atoms with van der Waals surface area (Å²) in [6.07, 6.45) is 4.47. The van der Waals surface area contributed by atoms with Crippen molar-refractivity contribution in [1.82, 2.24) is 8.97 Å². The van der Waals surface area contributed by atoms with Gasteiger partial charge < -0.3 is 8.98 Å². The smallest absolute Gasteiger partial charge is 0.314 e. The highest BCUT2D eigenvalue weighted by Crippen LogP contribution is 2.55. The van der Waals surface area contributed by atoms with Gasteiger partial charge in [-0.1, -0.05) is 35.6 Å². The van der Waals surface area contributed by atoms with Gasteiger partial charge in [0, 0.05) is 39.4 Å². The van der Waals surface area contributed by atoms with Crippen LogP contribution >= 0.6 is 18.7 Å². The number of imidazole rings is 1. The average molecular weight is 499 g/mol. The Hall–Kier alpha value is -4.05. The maximum Gasteiger partial charge on any atom is 0.314 e. The van der Waals surface area contributed by atoms with E-state index in [0.29, 0.717) is 0 Å². The van der Waals surface area contributed by atoms with Crippen molar-refractivity contribution in [3.63, 3.8) is 0 Å². The van der Waals surface area contributed by atoms with Gasteiger partial charge in [0.15, 0.2) is 4.90 Å². The maximum atomic E-state index is 6.56. The molecule has 2 bridgehead atoms. The van der Waals surface area contributed by atoms with Crippen molar-refractivity contribution >= 4 is 87.7 Å². The van der Waals surface area contributed by atoms with Crippen molar-refractivity contribution in [3.8, 4) is 5.69 Å². The number of aryl methyl sites for hydroxylation is 1. The van der Waals surface area contributed by atoms with Gasteiger partial charge in [0.2, 0.25) is 0 Å². The minimum Gasteiger partial charge on any atom is -0.445 e. The summed E-state index contributed by atoms with van der Waals surface area (Å²) in [5.41, 5.74) is 8.58. The number of furan rings is 1. The number of benzene rings is 4. The Balaban J connectivity index is 1.71. The van der Waals surface area contributed by atoms with Crippen LogP contribution < -0.4 is 4.40 Å². The Labute approximate surface area is 208 Å². The fourth-order valence-electron chi connectivity index (χ4n) is 6.67. The van der Waals surface area contributed by atoms with Crippen LogP contribution in [0.5, 0.6) is 0 Å². The first-order valence-corrected chi connectivity index (χ1v) is 14.3. The highest BCUT2D eigenvalue weighted by atomic mass is 32.1. The molecule has 168 valence electrons. The molecule has 0 saturated heterocycles. The number of aromatic nitrogens is 3. The molecular formula is C30H17N3OPS+. The summed E-state index contributed by atoms with van der Waals surface area (Å²) in [6.45, 7) is 2.28. The molecule has 0 saturated carbocycles. The molecule has 0 spiro atoms. The molecule has 10 aromatic rings. The monoisotopic (exact) mass is 498 g/mol. The summed E-state index contributed by atoms with van der Waals surface area (Å²) in [5.74, 6) is 0. The fraction of sp³-hybridized carbons (Fsp3) is 0.0333. The molecule has 6 heterocycles. The van der Waals surface area contributed by atoms with Crippen molar-refractivity contribution in [3.05, 3.63) is 90.8 Å². The van der Waals surface area contributed by atoms with E-state index in [0.717, 1.165) is 10.5 Å². The Kier molecular flexibility index (Phi) is 2.96. The lowest BCUT2D eigenvalue weighted by Crippen LogP contribution is -2.14. The largest absolute Gasteiger partial charge is 0.445 e. The maximum absolute atomic E-state index is 6.56. The summed E-state index contributed by atoms with van der Waals surface area (Å²) < 4.78 is 15.2. The third-order valence-corrected chi connectivity index (χ3v) is 11.7. The third-order valence-electron chi connectivity index (χ3n) is 8.08. The van der Waals surface area contributed by atoms with E-state index < -0.39 is 7.34 Å². The molecule has 10 rings (SSSR count). The number of hydrogen-bond donors (Lipinski definition) is 0. The lowest BCUT2D eigenvalue weighted by Gasteiger charge is -2.15. The number of hydrogen-bond acceptors (Lipinski definition) is 2. The van der Waals surface area contributed by atoms with Crippen LogP contribution in [0.15, 0.2) is 89.6 Å². The highest BCUT2D eigenvalue weighted by Gasteiger charge is 2.31. The van der Waals surface area contributed by atoms with E-state index in [1.54, 1.807) is 11.3 Å². The number of rotatable bonds is 1. The average Bonchev–Trinajstić information content (AvgIpc) is 3.67. The topological polar surface area (TPSA) is 26.6 Å². The molecule has 0 aliphatic heterocycles. The molecule has 36 heavy (non-hydrogen) atoms. The third kappa shape index (κ3) is 1.84. The minimum atomic E-state index is -0.748. The molecule has 0 radical (unpaired) electrons. The minimum absolute atomic E-state index is 0.748. The summed E-state index contributed by atoms with van der Waals surface area (Å²) in [4.78, 5) is 1.03. The van der Waals surface area contributed by atoms with Crippen molar-refractivity contribution in [2.75, 3.05) is 0 Å². The van der Waals surface area contributed by atoms with E-state index in [2.05, 4.69) is 105 Å². The van der Waals surface area contributed by atoms with Crippen LogP contribution in [-0.4, -0.2) is 8.97 Å². The normalized spacial score (nSPS) is 13.6. The predicted molar refractivity (Wildman–Crippen MR) is 150 cm³/mol. The molecule has 4 nitrogen and oxygen atoms in total. The highest BCUT2D eigenvalue weighted by molar-refractivity contribution is 7.62. The van der Waals surface area contributed by atoms with Crippen LogP contribution in [0.1, 0.15) is 5.56 Å². The molecule has 6 aromatic heterocycles. The second kappa shape index (κ2) is 5.84. The Morgan fingerprint density at radius 2 is 1.69 bits per heavy atom. The summed E-state index contributed by atoms with van der Waals surface area (Å²) in [5, 5.41) is 8.19. The Morgan fingerprint density at radius 1 is 0.806 bits per heavy atom. The zero-order chi connectivity index (χ0) is 23.3. The van der Waals surface area contributed by atoms with Crippen LogP contribution in [0.2, 0.25) is 0 Å². The first-order valence-electron chi connectivity index (χ1n) is 12.1. The zero-order valence-corrected chi connectivity index (χ0v) is 20.9. The van der Waals surface area contributed by atoms with E-state index in [1.165, 1.54) is 69.8 Å². The van der Waals surface area contributed by atoms with E-state index in [4.69, 9.17) is 4.42 Å². The van der Waals surface area contributed by atoms with Gasteiger partial charge in [0.1, 0.15) is 29.0 Å². The number of fused-ring (bicyclic) bond motifs is 3. The quantitative estimate of drug-likeness (QED) is 0.208. The molecule has 6 heteroatoms. The van der Waals surface area contributed by atoms with Crippen molar-refractivity contribution in [2.45, 2.75) is 6.92 Å². The van der Waals surface area contributed by atoms with Gasteiger partial charge in [-0.25, -0.2) is 0 Å². The standard InChI is InChI=1S/C30H17N3OPS/c1-16-18-11-13-23-24(16)26-25-22(34-29(26)36-23)12-10-20-28(25)35-27-19(31-14-15-32(20)30(31)35)8-5-9-21(27)33(18)17-6-3-2-4-7-17/h2-15H,1H3/q+1. The first kappa shape index (κ1) is 18.3. The molecule has 1 atom stereocenters. The first-order chi connectivity index (χ1) is 17.8. The number of para-hydroxylation sites is 1. The van der Waals surface area contributed by atoms with Gasteiger partial charge in [-0.15, -0.1) is 0 Å². The second-order valence-electron chi connectivity index (χ2n) is 9.75. The lowest BCUT2D eigenvalue weighted by molar-refractivity contribution is -0.475. The number of thiophene rings is 1. The summed E-state index contributed by atoms with van der Waals surface area (Å²) in [6, 6.07) is 26.7. The van der Waals surface area contributed by atoms with Gasteiger partial charge in [-0.3, -0.25) is 0 Å². The fourth-order valence-corrected chi connectivity index (χ4v) is 10.9. The summed E-state index contributed by atoms with van der Waals surface area (Å²) in [7, 11) is -0.748. The van der Waals surface area contributed by atoms with Crippen LogP contribution in [0.4, 0.5) is 0 Å². The van der Waals surface area contributed by atoms with Gasteiger partial charge >= 0.3 is 5.38 Å². The summed E-state index contributed by atoms with van der Waals surface area (Å²) >= 11 is 1.78. The van der Waals surface area contributed by atoms with Gasteiger partial charge in [0.25, 0.3) is 0 Å². The number of nitrogens with zero attached hydrogens (tertiary/aromatic N) is 3. The van der Waals surface area contributed by atoms with Crippen LogP contribution in [0.25, 0.3) is 74.7 Å². The molecule has 0 amide bonds. The van der Waals surface area contributed by atoms with E-state index in [9.17, 15) is 0 Å². The SMILES string of the molecule is Cc1c2c3ccc1n(-c1ccccc1)c1cccc4c1p1c5c6c(ccc5n5cc[n+]4c51)oc(s3)c26. The van der Waals surface area contributed by atoms with Crippen LogP contribution in [0, 0.1) is 6.92 Å². The van der Waals surface area contributed by atoms with Crippen molar-refractivity contribution in [1.29, 1.82) is 0 Å². The zero-order valence-electron chi connectivity index (χ0n) is 19.2. The molecular weight excluding hydrogens is 481 g/mol. The van der Waals surface area contributed by atoms with Crippen molar-refractivity contribution < 1.29 is 8.82 Å². The Bertz CT molecular complexity index is 2480.